The molecule has 0 unspecified atom stereocenters. The van der Waals surface area contributed by atoms with Crippen LogP contribution in [-0.2, 0) is 13.0 Å². The maximum Gasteiger partial charge on any atom is 0.154 e. The summed E-state index contributed by atoms with van der Waals surface area (Å²) >= 11 is 0. The maximum absolute atomic E-state index is 4.71. The van der Waals surface area contributed by atoms with Gasteiger partial charge in [0.05, 0.1) is 6.20 Å². The molecule has 5 nitrogen and oxygen atoms in total. The Balaban J connectivity index is 1.68. The lowest BCUT2D eigenvalue weighted by atomic mass is 10.00. The van der Waals surface area contributed by atoms with Crippen LogP contribution >= 0.6 is 0 Å². The zero-order valence-corrected chi connectivity index (χ0v) is 14.8. The third-order valence-electron chi connectivity index (χ3n) is 4.90. The fourth-order valence-electron chi connectivity index (χ4n) is 3.31. The van der Waals surface area contributed by atoms with Gasteiger partial charge in [-0.15, -0.1) is 5.10 Å². The minimum atomic E-state index is 0.819. The van der Waals surface area contributed by atoms with Crippen molar-refractivity contribution < 1.29 is 0 Å². The van der Waals surface area contributed by atoms with Crippen LogP contribution in [-0.4, -0.2) is 26.7 Å². The molecule has 0 saturated heterocycles. The van der Waals surface area contributed by atoms with E-state index in [0.717, 1.165) is 42.1 Å². The number of hydrogen-bond acceptors (Lipinski definition) is 5. The van der Waals surface area contributed by atoms with Gasteiger partial charge in [-0.05, 0) is 61.2 Å². The number of hydrogen-bond donors (Lipinski definition) is 0. The zero-order chi connectivity index (χ0) is 17.4. The Kier molecular flexibility index (Phi) is 3.92. The van der Waals surface area contributed by atoms with Gasteiger partial charge < -0.3 is 4.90 Å². The molecule has 3 aromatic heterocycles. The Morgan fingerprint density at radius 3 is 2.72 bits per heavy atom. The van der Waals surface area contributed by atoms with Gasteiger partial charge in [-0.25, -0.2) is 0 Å². The van der Waals surface area contributed by atoms with Gasteiger partial charge in [0.2, 0.25) is 0 Å². The Morgan fingerprint density at radius 2 is 1.88 bits per heavy atom. The first kappa shape index (κ1) is 15.7. The zero-order valence-electron chi connectivity index (χ0n) is 14.8. The average molecular weight is 331 g/mol. The third kappa shape index (κ3) is 2.97. The summed E-state index contributed by atoms with van der Waals surface area (Å²) in [5, 5.41) is 8.51. The molecule has 0 amide bonds. The van der Waals surface area contributed by atoms with Gasteiger partial charge in [0.1, 0.15) is 0 Å². The van der Waals surface area contributed by atoms with Gasteiger partial charge in [-0.3, -0.25) is 9.97 Å². The van der Waals surface area contributed by atoms with Gasteiger partial charge >= 0.3 is 0 Å². The topological polar surface area (TPSA) is 54.8 Å². The van der Waals surface area contributed by atoms with Crippen molar-refractivity contribution in [1.82, 2.24) is 20.2 Å². The molecule has 0 aliphatic carbocycles. The number of fused-ring (bicyclic) bond motifs is 1. The molecule has 1 aliphatic rings. The highest BCUT2D eigenvalue weighted by Crippen LogP contribution is 2.28. The van der Waals surface area contributed by atoms with Crippen molar-refractivity contribution in [3.63, 3.8) is 0 Å². The molecule has 0 atom stereocenters. The SMILES string of the molecule is Cc1cc(-c2cnc3c(c2)CN(c2nncc(C)c2C)CC3)ccn1. The highest BCUT2D eigenvalue weighted by molar-refractivity contribution is 5.64. The minimum Gasteiger partial charge on any atom is -0.350 e. The van der Waals surface area contributed by atoms with Gasteiger partial charge in [-0.1, -0.05) is 0 Å². The summed E-state index contributed by atoms with van der Waals surface area (Å²) in [4.78, 5) is 11.3. The van der Waals surface area contributed by atoms with Crippen LogP contribution < -0.4 is 4.90 Å². The maximum atomic E-state index is 4.71. The number of nitrogens with zero attached hydrogens (tertiary/aromatic N) is 5. The second-order valence-corrected chi connectivity index (χ2v) is 6.66. The van der Waals surface area contributed by atoms with Crippen molar-refractivity contribution in [2.24, 2.45) is 0 Å². The number of aryl methyl sites for hydroxylation is 2. The van der Waals surface area contributed by atoms with E-state index in [2.05, 4.69) is 46.1 Å². The van der Waals surface area contributed by atoms with E-state index >= 15 is 0 Å². The lowest BCUT2D eigenvalue weighted by Crippen LogP contribution is -2.32. The molecule has 0 bridgehead atoms. The summed E-state index contributed by atoms with van der Waals surface area (Å²) < 4.78 is 0. The first-order valence-electron chi connectivity index (χ1n) is 8.56. The molecular weight excluding hydrogens is 310 g/mol. The first-order chi connectivity index (χ1) is 12.1. The van der Waals surface area contributed by atoms with Crippen molar-refractivity contribution in [3.8, 4) is 11.1 Å². The highest BCUT2D eigenvalue weighted by Gasteiger charge is 2.21. The molecule has 126 valence electrons. The van der Waals surface area contributed by atoms with Crippen molar-refractivity contribution in [1.29, 1.82) is 0 Å². The summed E-state index contributed by atoms with van der Waals surface area (Å²) in [7, 11) is 0. The van der Waals surface area contributed by atoms with Crippen molar-refractivity contribution in [2.45, 2.75) is 33.7 Å². The molecule has 25 heavy (non-hydrogen) atoms. The van der Waals surface area contributed by atoms with Gasteiger partial charge in [-0.2, -0.15) is 5.10 Å². The Bertz CT molecular complexity index is 935. The van der Waals surface area contributed by atoms with Gasteiger partial charge in [0, 0.05) is 48.9 Å². The van der Waals surface area contributed by atoms with Crippen LogP contribution in [0.4, 0.5) is 5.82 Å². The van der Waals surface area contributed by atoms with Crippen LogP contribution in [0.25, 0.3) is 11.1 Å². The molecule has 5 heteroatoms. The van der Waals surface area contributed by atoms with E-state index in [1.807, 2.05) is 31.6 Å². The average Bonchev–Trinajstić information content (AvgIpc) is 2.63. The Hall–Kier alpha value is -2.82. The summed E-state index contributed by atoms with van der Waals surface area (Å²) in [5.74, 6) is 0.982. The van der Waals surface area contributed by atoms with Crippen LogP contribution in [0, 0.1) is 20.8 Å². The van der Waals surface area contributed by atoms with E-state index in [4.69, 9.17) is 4.98 Å². The quantitative estimate of drug-likeness (QED) is 0.720. The molecule has 0 spiro atoms. The van der Waals surface area contributed by atoms with Crippen LogP contribution in [0.1, 0.15) is 28.1 Å². The molecule has 0 radical (unpaired) electrons. The summed E-state index contributed by atoms with van der Waals surface area (Å²) in [6, 6.07) is 6.38. The summed E-state index contributed by atoms with van der Waals surface area (Å²) in [5.41, 5.74) is 8.14. The highest BCUT2D eigenvalue weighted by atomic mass is 15.3. The van der Waals surface area contributed by atoms with Crippen molar-refractivity contribution in [2.75, 3.05) is 11.4 Å². The lowest BCUT2D eigenvalue weighted by molar-refractivity contribution is 0.692. The monoisotopic (exact) mass is 331 g/mol. The second-order valence-electron chi connectivity index (χ2n) is 6.66. The standard InChI is InChI=1S/C20H21N5/c1-13-10-23-24-20(15(13)3)25-7-5-19-18(12-25)9-17(11-22-19)16-4-6-21-14(2)8-16/h4,6,8-11H,5,7,12H2,1-3H3. The van der Waals surface area contributed by atoms with Crippen LogP contribution in [0.15, 0.2) is 36.8 Å². The molecule has 0 fully saturated rings. The van der Waals surface area contributed by atoms with Crippen LogP contribution in [0.3, 0.4) is 0 Å². The Morgan fingerprint density at radius 1 is 1.00 bits per heavy atom. The van der Waals surface area contributed by atoms with Crippen molar-refractivity contribution in [3.05, 3.63) is 64.9 Å². The van der Waals surface area contributed by atoms with Gasteiger partial charge in [0.25, 0.3) is 0 Å². The van der Waals surface area contributed by atoms with E-state index < -0.39 is 0 Å². The van der Waals surface area contributed by atoms with E-state index in [9.17, 15) is 0 Å². The third-order valence-corrected chi connectivity index (χ3v) is 4.90. The Labute approximate surface area is 147 Å². The molecular formula is C20H21N5. The number of rotatable bonds is 2. The fourth-order valence-corrected chi connectivity index (χ4v) is 3.31. The predicted octanol–water partition coefficient (Wildman–Crippen LogP) is 3.42. The summed E-state index contributed by atoms with van der Waals surface area (Å²) in [6.45, 7) is 7.95. The minimum absolute atomic E-state index is 0.819. The van der Waals surface area contributed by atoms with E-state index in [1.54, 1.807) is 0 Å². The molecule has 4 rings (SSSR count). The number of anilines is 1. The largest absolute Gasteiger partial charge is 0.350 e. The lowest BCUT2D eigenvalue weighted by Gasteiger charge is -2.30. The smallest absolute Gasteiger partial charge is 0.154 e. The molecule has 0 aromatic carbocycles. The normalized spacial score (nSPS) is 13.6. The van der Waals surface area contributed by atoms with E-state index in [0.29, 0.717) is 0 Å². The molecule has 4 heterocycles. The van der Waals surface area contributed by atoms with Crippen LogP contribution in [0.2, 0.25) is 0 Å². The second kappa shape index (κ2) is 6.24. The van der Waals surface area contributed by atoms with E-state index in [1.165, 1.54) is 22.4 Å². The van der Waals surface area contributed by atoms with Crippen LogP contribution in [0.5, 0.6) is 0 Å². The van der Waals surface area contributed by atoms with Crippen molar-refractivity contribution >= 4 is 5.82 Å². The molecule has 3 aromatic rings. The molecule has 0 N–H and O–H groups in total. The molecule has 0 saturated carbocycles. The van der Waals surface area contributed by atoms with E-state index in [-0.39, 0.29) is 0 Å². The summed E-state index contributed by atoms with van der Waals surface area (Å²) in [6.07, 6.45) is 6.57. The number of pyridine rings is 2. The van der Waals surface area contributed by atoms with Gasteiger partial charge in [0.15, 0.2) is 5.82 Å². The number of aromatic nitrogens is 4. The first-order valence-corrected chi connectivity index (χ1v) is 8.56. The fraction of sp³-hybridized carbons (Fsp3) is 0.300. The molecule has 1 aliphatic heterocycles. The predicted molar refractivity (Wildman–Crippen MR) is 98.5 cm³/mol.